The number of aryl methyl sites for hydroxylation is 1. The zero-order chi connectivity index (χ0) is 12.8. The van der Waals surface area contributed by atoms with Crippen LogP contribution in [0, 0.1) is 5.92 Å². The van der Waals surface area contributed by atoms with Gasteiger partial charge < -0.3 is 5.32 Å². The number of rotatable bonds is 5. The summed E-state index contributed by atoms with van der Waals surface area (Å²) in [6.07, 6.45) is 9.60. The predicted molar refractivity (Wildman–Crippen MR) is 79.0 cm³/mol. The van der Waals surface area contributed by atoms with E-state index < -0.39 is 0 Å². The van der Waals surface area contributed by atoms with Crippen molar-refractivity contribution in [3.63, 3.8) is 0 Å². The zero-order valence-corrected chi connectivity index (χ0v) is 12.6. The average molecular weight is 266 g/mol. The van der Waals surface area contributed by atoms with Crippen LogP contribution in [0.3, 0.4) is 0 Å². The molecule has 0 aliphatic heterocycles. The Balaban J connectivity index is 1.77. The number of hydrogen-bond acceptors (Lipinski definition) is 3. The molecule has 0 amide bonds. The van der Waals surface area contributed by atoms with Crippen molar-refractivity contribution >= 4 is 11.3 Å². The van der Waals surface area contributed by atoms with Crippen molar-refractivity contribution in [2.45, 2.75) is 71.4 Å². The second kappa shape index (κ2) is 7.25. The van der Waals surface area contributed by atoms with Gasteiger partial charge in [-0.25, -0.2) is 4.98 Å². The highest BCUT2D eigenvalue weighted by molar-refractivity contribution is 7.09. The lowest BCUT2D eigenvalue weighted by molar-refractivity contribution is 0.336. The minimum Gasteiger partial charge on any atom is -0.308 e. The van der Waals surface area contributed by atoms with Crippen molar-refractivity contribution in [3.05, 3.63) is 16.1 Å². The molecule has 0 radical (unpaired) electrons. The Bertz CT molecular complexity index is 340. The molecule has 1 atom stereocenters. The van der Waals surface area contributed by atoms with Crippen LogP contribution in [0.1, 0.15) is 63.1 Å². The molecule has 0 saturated heterocycles. The first-order chi connectivity index (χ1) is 8.79. The fourth-order valence-electron chi connectivity index (χ4n) is 2.84. The highest BCUT2D eigenvalue weighted by Gasteiger charge is 2.18. The molecule has 18 heavy (non-hydrogen) atoms. The Labute approximate surface area is 115 Å². The number of nitrogens with zero attached hydrogens (tertiary/aromatic N) is 1. The molecule has 1 aromatic rings. The van der Waals surface area contributed by atoms with Gasteiger partial charge in [0.15, 0.2) is 0 Å². The lowest BCUT2D eigenvalue weighted by atomic mass is 9.93. The van der Waals surface area contributed by atoms with Crippen LogP contribution in [-0.2, 0) is 13.0 Å². The van der Waals surface area contributed by atoms with Gasteiger partial charge in [-0.15, -0.1) is 11.3 Å². The van der Waals surface area contributed by atoms with Gasteiger partial charge in [0.05, 0.1) is 10.7 Å². The van der Waals surface area contributed by atoms with Crippen molar-refractivity contribution in [2.24, 2.45) is 5.92 Å². The number of thiazole rings is 1. The van der Waals surface area contributed by atoms with Gasteiger partial charge >= 0.3 is 0 Å². The molecule has 0 unspecified atom stereocenters. The van der Waals surface area contributed by atoms with E-state index in [0.717, 1.165) is 18.9 Å². The summed E-state index contributed by atoms with van der Waals surface area (Å²) in [5, 5.41) is 7.14. The summed E-state index contributed by atoms with van der Waals surface area (Å²) >= 11 is 1.79. The molecular formula is C15H26N2S. The van der Waals surface area contributed by atoms with E-state index >= 15 is 0 Å². The Morgan fingerprint density at radius 2 is 2.06 bits per heavy atom. The SMILES string of the molecule is CCc1nc(CN[C@H](C)C2CCCCCC2)cs1. The maximum Gasteiger partial charge on any atom is 0.0926 e. The van der Waals surface area contributed by atoms with E-state index in [-0.39, 0.29) is 0 Å². The van der Waals surface area contributed by atoms with Crippen LogP contribution in [0.5, 0.6) is 0 Å². The highest BCUT2D eigenvalue weighted by Crippen LogP contribution is 2.25. The van der Waals surface area contributed by atoms with Gasteiger partial charge in [0.1, 0.15) is 0 Å². The van der Waals surface area contributed by atoms with E-state index in [1.165, 1.54) is 49.2 Å². The van der Waals surface area contributed by atoms with E-state index in [1.807, 2.05) is 0 Å². The van der Waals surface area contributed by atoms with Crippen LogP contribution >= 0.6 is 11.3 Å². The molecular weight excluding hydrogens is 240 g/mol. The summed E-state index contributed by atoms with van der Waals surface area (Å²) < 4.78 is 0. The Hall–Kier alpha value is -0.410. The maximum atomic E-state index is 4.62. The predicted octanol–water partition coefficient (Wildman–Crippen LogP) is 4.15. The average Bonchev–Trinajstić information content (AvgIpc) is 2.68. The minimum absolute atomic E-state index is 0.634. The van der Waals surface area contributed by atoms with Crippen LogP contribution in [0.4, 0.5) is 0 Å². The fourth-order valence-corrected chi connectivity index (χ4v) is 3.58. The standard InChI is InChI=1S/C15H26N2S/c1-3-15-17-14(11-18-15)10-16-12(2)13-8-6-4-5-7-9-13/h11-13,16H,3-10H2,1-2H3/t12-/m1/s1. The molecule has 0 spiro atoms. The minimum atomic E-state index is 0.634. The van der Waals surface area contributed by atoms with Gasteiger partial charge in [-0.3, -0.25) is 0 Å². The van der Waals surface area contributed by atoms with E-state index in [4.69, 9.17) is 0 Å². The summed E-state index contributed by atoms with van der Waals surface area (Å²) in [5.74, 6) is 0.872. The van der Waals surface area contributed by atoms with E-state index in [2.05, 4.69) is 29.5 Å². The second-order valence-corrected chi connectivity index (χ2v) is 6.45. The lowest BCUT2D eigenvalue weighted by Crippen LogP contribution is -2.33. The summed E-state index contributed by atoms with van der Waals surface area (Å²) in [4.78, 5) is 4.62. The van der Waals surface area contributed by atoms with Crippen LogP contribution in [0.25, 0.3) is 0 Å². The van der Waals surface area contributed by atoms with E-state index in [9.17, 15) is 0 Å². The molecule has 1 aliphatic rings. The summed E-state index contributed by atoms with van der Waals surface area (Å²) in [6, 6.07) is 0.634. The molecule has 0 aromatic carbocycles. The topological polar surface area (TPSA) is 24.9 Å². The lowest BCUT2D eigenvalue weighted by Gasteiger charge is -2.23. The van der Waals surface area contributed by atoms with E-state index in [1.54, 1.807) is 11.3 Å². The largest absolute Gasteiger partial charge is 0.308 e. The first-order valence-corrected chi connectivity index (χ1v) is 8.34. The normalized spacial score (nSPS) is 19.7. The van der Waals surface area contributed by atoms with Crippen LogP contribution < -0.4 is 5.32 Å². The molecule has 1 aromatic heterocycles. The molecule has 1 aliphatic carbocycles. The van der Waals surface area contributed by atoms with Gasteiger partial charge in [-0.1, -0.05) is 32.6 Å². The Morgan fingerprint density at radius 1 is 1.33 bits per heavy atom. The molecule has 102 valence electrons. The van der Waals surface area contributed by atoms with Crippen molar-refractivity contribution < 1.29 is 0 Å². The van der Waals surface area contributed by atoms with Crippen LogP contribution in [0.15, 0.2) is 5.38 Å². The van der Waals surface area contributed by atoms with Gasteiger partial charge in [-0.05, 0) is 32.1 Å². The Kier molecular flexibility index (Phi) is 5.64. The molecule has 1 N–H and O–H groups in total. The first kappa shape index (κ1) is 14.0. The number of nitrogens with one attached hydrogen (secondary N) is 1. The third kappa shape index (κ3) is 4.06. The zero-order valence-electron chi connectivity index (χ0n) is 11.7. The first-order valence-electron chi connectivity index (χ1n) is 7.46. The highest BCUT2D eigenvalue weighted by atomic mass is 32.1. The van der Waals surface area contributed by atoms with Crippen molar-refractivity contribution in [2.75, 3.05) is 0 Å². The summed E-state index contributed by atoms with van der Waals surface area (Å²) in [6.45, 7) is 5.46. The molecule has 0 bridgehead atoms. The monoisotopic (exact) mass is 266 g/mol. The summed E-state index contributed by atoms with van der Waals surface area (Å²) in [7, 11) is 0. The molecule has 3 heteroatoms. The molecule has 1 fully saturated rings. The molecule has 1 heterocycles. The molecule has 2 nitrogen and oxygen atoms in total. The van der Waals surface area contributed by atoms with Gasteiger partial charge in [0.2, 0.25) is 0 Å². The molecule has 2 rings (SSSR count). The summed E-state index contributed by atoms with van der Waals surface area (Å²) in [5.41, 5.74) is 1.22. The van der Waals surface area contributed by atoms with Crippen molar-refractivity contribution in [3.8, 4) is 0 Å². The van der Waals surface area contributed by atoms with Gasteiger partial charge in [0.25, 0.3) is 0 Å². The fraction of sp³-hybridized carbons (Fsp3) is 0.800. The number of aromatic nitrogens is 1. The third-order valence-corrected chi connectivity index (χ3v) is 5.16. The smallest absolute Gasteiger partial charge is 0.0926 e. The van der Waals surface area contributed by atoms with Gasteiger partial charge in [-0.2, -0.15) is 0 Å². The van der Waals surface area contributed by atoms with Gasteiger partial charge in [0, 0.05) is 18.0 Å². The van der Waals surface area contributed by atoms with Crippen LogP contribution in [0.2, 0.25) is 0 Å². The van der Waals surface area contributed by atoms with E-state index in [0.29, 0.717) is 6.04 Å². The number of hydrogen-bond donors (Lipinski definition) is 1. The van der Waals surface area contributed by atoms with Crippen molar-refractivity contribution in [1.82, 2.24) is 10.3 Å². The van der Waals surface area contributed by atoms with Crippen molar-refractivity contribution in [1.29, 1.82) is 0 Å². The van der Waals surface area contributed by atoms with Crippen LogP contribution in [-0.4, -0.2) is 11.0 Å². The maximum absolute atomic E-state index is 4.62. The Morgan fingerprint density at radius 3 is 2.67 bits per heavy atom. The third-order valence-electron chi connectivity index (χ3n) is 4.11. The quantitative estimate of drug-likeness (QED) is 0.810. The second-order valence-electron chi connectivity index (χ2n) is 5.51. The molecule has 1 saturated carbocycles.